The number of nitrogens with one attached hydrogen (secondary N) is 2. The zero-order valence-corrected chi connectivity index (χ0v) is 30.6. The van der Waals surface area contributed by atoms with E-state index in [9.17, 15) is 14.4 Å². The summed E-state index contributed by atoms with van der Waals surface area (Å²) in [6.07, 6.45) is 11.5. The standard InChI is InChI=1S/C34H62N2O10S2/c37-32(27-47-22-8-3-6-12-34(39)40)35-29-10-4-1-2-5-11-30(24-29)36-33(38)28-48-23-9-7-13-44-25-31-26-45-19-18-42-15-14-41-16-17-43-20-21-46-31/h29-31H,1-28H2,(H,35,37)(H,36,38)(H,39,40). The third-order valence-corrected chi connectivity index (χ3v) is 10.0. The second-order valence-corrected chi connectivity index (χ2v) is 14.5. The van der Waals surface area contributed by atoms with Crippen molar-refractivity contribution in [2.45, 2.75) is 102 Å². The monoisotopic (exact) mass is 722 g/mol. The van der Waals surface area contributed by atoms with Crippen molar-refractivity contribution in [1.82, 2.24) is 10.6 Å². The average Bonchev–Trinajstić information content (AvgIpc) is 3.15. The van der Waals surface area contributed by atoms with Gasteiger partial charge in [0.25, 0.3) is 0 Å². The van der Waals surface area contributed by atoms with Crippen molar-refractivity contribution in [2.75, 3.05) is 95.7 Å². The van der Waals surface area contributed by atoms with Gasteiger partial charge in [-0.05, 0) is 56.5 Å². The largest absolute Gasteiger partial charge is 0.481 e. The van der Waals surface area contributed by atoms with Crippen molar-refractivity contribution < 1.29 is 47.9 Å². The molecule has 3 N–H and O–H groups in total. The van der Waals surface area contributed by atoms with Crippen LogP contribution in [0.5, 0.6) is 0 Å². The van der Waals surface area contributed by atoms with E-state index in [1.165, 1.54) is 0 Å². The van der Waals surface area contributed by atoms with E-state index in [4.69, 9.17) is 33.5 Å². The van der Waals surface area contributed by atoms with Crippen molar-refractivity contribution >= 4 is 41.3 Å². The molecule has 1 aliphatic carbocycles. The van der Waals surface area contributed by atoms with Gasteiger partial charge in [-0.1, -0.05) is 32.1 Å². The topological polar surface area (TPSA) is 151 Å². The number of amides is 2. The van der Waals surface area contributed by atoms with E-state index in [0.29, 0.717) is 90.6 Å². The lowest BCUT2D eigenvalue weighted by atomic mass is 10.0. The highest BCUT2D eigenvalue weighted by Crippen LogP contribution is 2.19. The molecule has 0 aromatic rings. The predicted molar refractivity (Wildman–Crippen MR) is 190 cm³/mol. The summed E-state index contributed by atoms with van der Waals surface area (Å²) in [4.78, 5) is 36.0. The summed E-state index contributed by atoms with van der Waals surface area (Å²) in [6.45, 7) is 5.68. The zero-order valence-electron chi connectivity index (χ0n) is 29.0. The third-order valence-electron chi connectivity index (χ3n) is 7.93. The first-order valence-electron chi connectivity index (χ1n) is 18.0. The van der Waals surface area contributed by atoms with E-state index in [2.05, 4.69) is 10.6 Å². The number of carboxylic acid groups (broad SMARTS) is 1. The Kier molecular flexibility index (Phi) is 27.5. The highest BCUT2D eigenvalue weighted by Gasteiger charge is 2.21. The molecule has 0 aromatic heterocycles. The number of carbonyl (C=O) groups excluding carboxylic acids is 2. The second kappa shape index (κ2) is 30.7. The van der Waals surface area contributed by atoms with E-state index in [1.807, 2.05) is 0 Å². The van der Waals surface area contributed by atoms with Crippen molar-refractivity contribution in [2.24, 2.45) is 0 Å². The maximum atomic E-state index is 12.8. The highest BCUT2D eigenvalue weighted by atomic mass is 32.2. The molecule has 2 rings (SSSR count). The van der Waals surface area contributed by atoms with Crippen molar-refractivity contribution in [1.29, 1.82) is 0 Å². The average molecular weight is 723 g/mol. The van der Waals surface area contributed by atoms with Crippen LogP contribution in [0.25, 0.3) is 0 Å². The van der Waals surface area contributed by atoms with Gasteiger partial charge in [0.1, 0.15) is 6.10 Å². The summed E-state index contributed by atoms with van der Waals surface area (Å²) >= 11 is 3.25. The molecule has 0 aromatic carbocycles. The molecule has 2 fully saturated rings. The summed E-state index contributed by atoms with van der Waals surface area (Å²) in [5, 5.41) is 15.2. The van der Waals surface area contributed by atoms with E-state index < -0.39 is 5.97 Å². The summed E-state index contributed by atoms with van der Waals surface area (Å²) in [7, 11) is 0. The van der Waals surface area contributed by atoms with Crippen LogP contribution < -0.4 is 10.6 Å². The van der Waals surface area contributed by atoms with Crippen LogP contribution in [-0.4, -0.2) is 137 Å². The van der Waals surface area contributed by atoms with Crippen LogP contribution in [0.2, 0.25) is 0 Å². The molecule has 2 aliphatic rings. The molecule has 3 atom stereocenters. The number of hydrogen-bond acceptors (Lipinski definition) is 11. The smallest absolute Gasteiger partial charge is 0.303 e. The van der Waals surface area contributed by atoms with Crippen LogP contribution in [0.4, 0.5) is 0 Å². The molecule has 0 radical (unpaired) electrons. The minimum absolute atomic E-state index is 0.0447. The van der Waals surface area contributed by atoms with Crippen molar-refractivity contribution in [3.63, 3.8) is 0 Å². The number of hydrogen-bond donors (Lipinski definition) is 3. The molecule has 0 bridgehead atoms. The first-order valence-corrected chi connectivity index (χ1v) is 20.3. The SMILES string of the molecule is O=C(O)CCCCCSCC(=O)NC1CCCCCCC(NC(=O)CSCCCCOCC2COCCOCCOCCOCCO2)C1. The van der Waals surface area contributed by atoms with Gasteiger partial charge in [0, 0.05) is 25.1 Å². The first kappa shape index (κ1) is 43.0. The number of unbranched alkanes of at least 4 members (excludes halogenated alkanes) is 3. The van der Waals surface area contributed by atoms with Crippen LogP contribution >= 0.6 is 23.5 Å². The Bertz CT molecular complexity index is 813. The van der Waals surface area contributed by atoms with Gasteiger partial charge in [0.05, 0.1) is 77.6 Å². The molecule has 1 saturated carbocycles. The maximum absolute atomic E-state index is 12.8. The van der Waals surface area contributed by atoms with E-state index in [0.717, 1.165) is 82.1 Å². The van der Waals surface area contributed by atoms with Crippen LogP contribution in [0.3, 0.4) is 0 Å². The number of ether oxygens (including phenoxy) is 6. The molecule has 3 unspecified atom stereocenters. The fraction of sp³-hybridized carbons (Fsp3) is 0.912. The second-order valence-electron chi connectivity index (χ2n) is 12.3. The minimum Gasteiger partial charge on any atom is -0.481 e. The van der Waals surface area contributed by atoms with E-state index in [1.54, 1.807) is 23.5 Å². The predicted octanol–water partition coefficient (Wildman–Crippen LogP) is 4.07. The number of carbonyl (C=O) groups is 3. The summed E-state index contributed by atoms with van der Waals surface area (Å²) in [5.74, 6) is 1.95. The Morgan fingerprint density at radius 2 is 1.21 bits per heavy atom. The van der Waals surface area contributed by atoms with Gasteiger partial charge in [0.2, 0.25) is 11.8 Å². The lowest BCUT2D eigenvalue weighted by Gasteiger charge is -2.24. The van der Waals surface area contributed by atoms with Gasteiger partial charge in [-0.25, -0.2) is 0 Å². The normalized spacial score (nSPS) is 22.6. The highest BCUT2D eigenvalue weighted by molar-refractivity contribution is 8.00. The maximum Gasteiger partial charge on any atom is 0.303 e. The minimum atomic E-state index is -0.756. The molecule has 1 aliphatic heterocycles. The fourth-order valence-corrected chi connectivity index (χ4v) is 7.06. The van der Waals surface area contributed by atoms with E-state index >= 15 is 0 Å². The molecular weight excluding hydrogens is 661 g/mol. The van der Waals surface area contributed by atoms with Crippen molar-refractivity contribution in [3.05, 3.63) is 0 Å². The van der Waals surface area contributed by atoms with Crippen LogP contribution in [0, 0.1) is 0 Å². The molecule has 1 heterocycles. The van der Waals surface area contributed by atoms with E-state index in [-0.39, 0.29) is 36.4 Å². The van der Waals surface area contributed by atoms with Crippen LogP contribution in [-0.2, 0) is 42.8 Å². The van der Waals surface area contributed by atoms with Gasteiger partial charge in [-0.2, -0.15) is 23.5 Å². The fourth-order valence-electron chi connectivity index (χ4n) is 5.42. The van der Waals surface area contributed by atoms with Crippen molar-refractivity contribution in [3.8, 4) is 0 Å². The summed E-state index contributed by atoms with van der Waals surface area (Å²) in [6, 6.07) is 0.147. The van der Waals surface area contributed by atoms with Crippen LogP contribution in [0.15, 0.2) is 0 Å². The molecule has 48 heavy (non-hydrogen) atoms. The van der Waals surface area contributed by atoms with Gasteiger partial charge < -0.3 is 44.2 Å². The van der Waals surface area contributed by atoms with Crippen LogP contribution in [0.1, 0.15) is 83.5 Å². The molecular formula is C34H62N2O10S2. The molecule has 2 amide bonds. The number of rotatable bonds is 19. The Balaban J connectivity index is 1.56. The van der Waals surface area contributed by atoms with Gasteiger partial charge >= 0.3 is 5.97 Å². The summed E-state index contributed by atoms with van der Waals surface area (Å²) in [5.41, 5.74) is 0. The zero-order chi connectivity index (χ0) is 34.3. The number of carboxylic acids is 1. The molecule has 12 nitrogen and oxygen atoms in total. The Labute approximate surface area is 296 Å². The molecule has 280 valence electrons. The number of aliphatic carboxylic acids is 1. The lowest BCUT2D eigenvalue weighted by molar-refractivity contribution is -0.137. The van der Waals surface area contributed by atoms with Gasteiger partial charge in [-0.3, -0.25) is 14.4 Å². The summed E-state index contributed by atoms with van der Waals surface area (Å²) < 4.78 is 33.9. The Morgan fingerprint density at radius 1 is 0.667 bits per heavy atom. The Morgan fingerprint density at radius 3 is 1.79 bits per heavy atom. The van der Waals surface area contributed by atoms with Gasteiger partial charge in [-0.15, -0.1) is 0 Å². The molecule has 14 heteroatoms. The first-order chi connectivity index (χ1) is 23.5. The number of thioether (sulfide) groups is 2. The molecule has 1 saturated heterocycles. The van der Waals surface area contributed by atoms with Gasteiger partial charge in [0.15, 0.2) is 0 Å². The quantitative estimate of drug-likeness (QED) is 0.165. The third kappa shape index (κ3) is 25.8. The molecule has 0 spiro atoms. The Hall–Kier alpha value is -1.13. The lowest BCUT2D eigenvalue weighted by Crippen LogP contribution is -2.44.